The average Bonchev–Trinajstić information content (AvgIpc) is 2.97. The second kappa shape index (κ2) is 4.26. The van der Waals surface area contributed by atoms with Crippen molar-refractivity contribution in [2.75, 3.05) is 11.9 Å². The lowest BCUT2D eigenvalue weighted by molar-refractivity contribution is 0.163. The molecule has 1 fully saturated rings. The van der Waals surface area contributed by atoms with Crippen LogP contribution in [0.2, 0.25) is 5.15 Å². The number of hydrogen-bond donors (Lipinski definition) is 1. The lowest BCUT2D eigenvalue weighted by Gasteiger charge is -2.06. The minimum atomic E-state index is -2.40. The van der Waals surface area contributed by atoms with E-state index in [0.717, 1.165) is 12.8 Å². The van der Waals surface area contributed by atoms with Crippen molar-refractivity contribution in [2.45, 2.75) is 25.2 Å². The van der Waals surface area contributed by atoms with Crippen molar-refractivity contribution >= 4 is 17.4 Å². The van der Waals surface area contributed by atoms with Crippen molar-refractivity contribution < 1.29 is 8.78 Å². The monoisotopic (exact) mass is 233 g/mol. The van der Waals surface area contributed by atoms with Gasteiger partial charge in [-0.1, -0.05) is 11.6 Å². The Bertz CT molecular complexity index is 355. The van der Waals surface area contributed by atoms with Crippen LogP contribution >= 0.6 is 11.6 Å². The summed E-state index contributed by atoms with van der Waals surface area (Å²) in [7, 11) is 0. The number of rotatable bonds is 4. The van der Waals surface area contributed by atoms with Gasteiger partial charge in [-0.05, 0) is 12.8 Å². The van der Waals surface area contributed by atoms with Crippen LogP contribution in [-0.2, 0) is 0 Å². The second-order valence-corrected chi connectivity index (χ2v) is 3.87. The first-order valence-corrected chi connectivity index (χ1v) is 5.09. The third-order valence-corrected chi connectivity index (χ3v) is 2.29. The average molecular weight is 234 g/mol. The Hall–Kier alpha value is -0.970. The zero-order valence-corrected chi connectivity index (χ0v) is 8.64. The van der Waals surface area contributed by atoms with E-state index in [1.165, 1.54) is 6.07 Å². The maximum Gasteiger partial charge on any atom is 0.255 e. The highest BCUT2D eigenvalue weighted by Crippen LogP contribution is 2.38. The fraction of sp³-hybridized carbons (Fsp3) is 0.556. The summed E-state index contributed by atoms with van der Waals surface area (Å²) in [5.41, 5.74) is 0. The summed E-state index contributed by atoms with van der Waals surface area (Å²) in [4.78, 5) is 8.18. The van der Waals surface area contributed by atoms with Crippen LogP contribution in [0.15, 0.2) is 6.07 Å². The molecule has 1 aromatic heterocycles. The third-order valence-electron chi connectivity index (χ3n) is 2.09. The summed E-state index contributed by atoms with van der Waals surface area (Å²) >= 11 is 5.76. The van der Waals surface area contributed by atoms with Crippen molar-refractivity contribution in [1.82, 2.24) is 9.97 Å². The lowest BCUT2D eigenvalue weighted by atomic mass is 10.4. The van der Waals surface area contributed by atoms with Gasteiger partial charge in [0, 0.05) is 12.0 Å². The van der Waals surface area contributed by atoms with Gasteiger partial charge in [0.2, 0.25) is 0 Å². The smallest absolute Gasteiger partial charge is 0.255 e. The molecule has 82 valence electrons. The van der Waals surface area contributed by atoms with Gasteiger partial charge in [0.1, 0.15) is 16.8 Å². The van der Waals surface area contributed by atoms with Gasteiger partial charge in [0.25, 0.3) is 6.43 Å². The molecule has 1 N–H and O–H groups in total. The number of halogens is 3. The summed E-state index contributed by atoms with van der Waals surface area (Å²) < 4.78 is 23.9. The largest absolute Gasteiger partial charge is 0.364 e. The molecule has 0 atom stereocenters. The molecular weight excluding hydrogens is 224 g/mol. The molecule has 0 saturated heterocycles. The van der Waals surface area contributed by atoms with Crippen LogP contribution in [-0.4, -0.2) is 22.9 Å². The third kappa shape index (κ3) is 2.99. The molecule has 0 spiro atoms. The molecular formula is C9H10ClF2N3. The molecule has 3 nitrogen and oxygen atoms in total. The zero-order valence-electron chi connectivity index (χ0n) is 7.88. The number of alkyl halides is 2. The van der Waals surface area contributed by atoms with Gasteiger partial charge in [0.15, 0.2) is 0 Å². The topological polar surface area (TPSA) is 37.8 Å². The Labute approximate surface area is 90.9 Å². The minimum absolute atomic E-state index is 0.295. The number of nitrogens with one attached hydrogen (secondary N) is 1. The van der Waals surface area contributed by atoms with Crippen molar-refractivity contribution in [3.8, 4) is 0 Å². The predicted molar refractivity (Wildman–Crippen MR) is 53.5 cm³/mol. The van der Waals surface area contributed by atoms with E-state index in [1.807, 2.05) is 0 Å². The van der Waals surface area contributed by atoms with Crippen LogP contribution in [0, 0.1) is 0 Å². The maximum absolute atomic E-state index is 12.0. The standard InChI is InChI=1S/C9H10ClF2N3/c10-6-3-8(13-4-7(11)12)15-9(14-6)5-1-2-5/h3,5,7H,1-2,4H2,(H,13,14,15). The van der Waals surface area contributed by atoms with Gasteiger partial charge in [0.05, 0.1) is 6.54 Å². The zero-order chi connectivity index (χ0) is 10.8. The summed E-state index contributed by atoms with van der Waals surface area (Å²) in [5.74, 6) is 1.38. The van der Waals surface area contributed by atoms with Crippen molar-refractivity contribution in [3.05, 3.63) is 17.0 Å². The molecule has 0 radical (unpaired) electrons. The molecule has 2 rings (SSSR count). The normalized spacial score (nSPS) is 15.7. The first kappa shape index (κ1) is 10.5. The molecule has 0 aliphatic heterocycles. The van der Waals surface area contributed by atoms with E-state index in [2.05, 4.69) is 15.3 Å². The van der Waals surface area contributed by atoms with Crippen molar-refractivity contribution in [1.29, 1.82) is 0 Å². The highest BCUT2D eigenvalue weighted by atomic mass is 35.5. The Morgan fingerprint density at radius 3 is 2.80 bits per heavy atom. The van der Waals surface area contributed by atoms with Gasteiger partial charge >= 0.3 is 0 Å². The number of hydrogen-bond acceptors (Lipinski definition) is 3. The minimum Gasteiger partial charge on any atom is -0.364 e. The molecule has 1 heterocycles. The first-order chi connectivity index (χ1) is 7.15. The van der Waals surface area contributed by atoms with Gasteiger partial charge in [-0.25, -0.2) is 18.7 Å². The molecule has 1 aromatic rings. The van der Waals surface area contributed by atoms with Gasteiger partial charge < -0.3 is 5.32 Å². The van der Waals surface area contributed by atoms with E-state index in [0.29, 0.717) is 22.7 Å². The van der Waals surface area contributed by atoms with Crippen LogP contribution in [0.4, 0.5) is 14.6 Å². The molecule has 0 bridgehead atoms. The molecule has 15 heavy (non-hydrogen) atoms. The van der Waals surface area contributed by atoms with E-state index in [-0.39, 0.29) is 0 Å². The van der Waals surface area contributed by atoms with Crippen LogP contribution in [0.5, 0.6) is 0 Å². The Morgan fingerprint density at radius 1 is 1.47 bits per heavy atom. The molecule has 1 aliphatic carbocycles. The molecule has 6 heteroatoms. The highest BCUT2D eigenvalue weighted by Gasteiger charge is 2.27. The highest BCUT2D eigenvalue weighted by molar-refractivity contribution is 6.29. The van der Waals surface area contributed by atoms with Crippen LogP contribution in [0.25, 0.3) is 0 Å². The molecule has 1 aliphatic rings. The predicted octanol–water partition coefficient (Wildman–Crippen LogP) is 2.68. The Balaban J connectivity index is 2.09. The molecule has 0 aromatic carbocycles. The van der Waals surface area contributed by atoms with E-state index in [4.69, 9.17) is 11.6 Å². The van der Waals surface area contributed by atoms with E-state index >= 15 is 0 Å². The first-order valence-electron chi connectivity index (χ1n) is 4.71. The van der Waals surface area contributed by atoms with Crippen LogP contribution < -0.4 is 5.32 Å². The quantitative estimate of drug-likeness (QED) is 0.813. The van der Waals surface area contributed by atoms with Crippen LogP contribution in [0.3, 0.4) is 0 Å². The number of anilines is 1. The number of aromatic nitrogens is 2. The van der Waals surface area contributed by atoms with Crippen LogP contribution in [0.1, 0.15) is 24.6 Å². The van der Waals surface area contributed by atoms with E-state index < -0.39 is 13.0 Å². The lowest BCUT2D eigenvalue weighted by Crippen LogP contribution is -2.12. The summed E-state index contributed by atoms with van der Waals surface area (Å²) in [6, 6.07) is 1.45. The maximum atomic E-state index is 12.0. The SMILES string of the molecule is FC(F)CNc1cc(Cl)nc(C2CC2)n1. The molecule has 1 saturated carbocycles. The molecule has 0 amide bonds. The van der Waals surface area contributed by atoms with Crippen molar-refractivity contribution in [3.63, 3.8) is 0 Å². The van der Waals surface area contributed by atoms with E-state index in [9.17, 15) is 8.78 Å². The second-order valence-electron chi connectivity index (χ2n) is 3.48. The van der Waals surface area contributed by atoms with Gasteiger partial charge in [-0.15, -0.1) is 0 Å². The number of nitrogens with zero attached hydrogens (tertiary/aromatic N) is 2. The Kier molecular flexibility index (Phi) is 3.00. The van der Waals surface area contributed by atoms with E-state index in [1.54, 1.807) is 0 Å². The fourth-order valence-corrected chi connectivity index (χ4v) is 1.42. The summed E-state index contributed by atoms with van der Waals surface area (Å²) in [6.07, 6.45) is -0.299. The summed E-state index contributed by atoms with van der Waals surface area (Å²) in [5, 5.41) is 2.82. The van der Waals surface area contributed by atoms with Crippen molar-refractivity contribution in [2.24, 2.45) is 0 Å². The van der Waals surface area contributed by atoms with Gasteiger partial charge in [-0.2, -0.15) is 0 Å². The fourth-order valence-electron chi connectivity index (χ4n) is 1.23. The van der Waals surface area contributed by atoms with Gasteiger partial charge in [-0.3, -0.25) is 0 Å². The Morgan fingerprint density at radius 2 is 2.20 bits per heavy atom. The summed E-state index contributed by atoms with van der Waals surface area (Å²) in [6.45, 7) is -0.419. The molecule has 0 unspecified atom stereocenters.